The molecule has 1 heterocycles. The van der Waals surface area contributed by atoms with E-state index in [-0.39, 0.29) is 23.9 Å². The number of benzene rings is 3. The fraction of sp³-hybridized carbons (Fsp3) is 0.296. The summed E-state index contributed by atoms with van der Waals surface area (Å²) in [5.74, 6) is 0.613. The maximum absolute atomic E-state index is 13.4. The molecular weight excluding hydrogens is 462 g/mol. The van der Waals surface area contributed by atoms with E-state index in [0.717, 1.165) is 22.6 Å². The molecule has 4 rings (SSSR count). The van der Waals surface area contributed by atoms with E-state index >= 15 is 0 Å². The fourth-order valence-electron chi connectivity index (χ4n) is 4.12. The summed E-state index contributed by atoms with van der Waals surface area (Å²) >= 11 is 0. The van der Waals surface area contributed by atoms with Crippen LogP contribution in [0, 0.1) is 6.92 Å². The van der Waals surface area contributed by atoms with Crippen LogP contribution < -0.4 is 9.64 Å². The lowest BCUT2D eigenvalue weighted by atomic mass is 10.1. The number of hydrogen-bond acceptors (Lipinski definition) is 5. The first-order valence-corrected chi connectivity index (χ1v) is 13.1. The van der Waals surface area contributed by atoms with Gasteiger partial charge in [-0.05, 0) is 48.9 Å². The molecule has 1 aliphatic heterocycles. The summed E-state index contributed by atoms with van der Waals surface area (Å²) in [4.78, 5) is 17.4. The zero-order chi connectivity index (χ0) is 24.8. The molecule has 0 aliphatic carbocycles. The second kappa shape index (κ2) is 10.9. The number of rotatable bonds is 8. The van der Waals surface area contributed by atoms with Crippen LogP contribution in [-0.4, -0.2) is 63.4 Å². The van der Waals surface area contributed by atoms with Crippen molar-refractivity contribution < 1.29 is 17.9 Å². The Balaban J connectivity index is 1.46. The van der Waals surface area contributed by atoms with Crippen molar-refractivity contribution in [1.29, 1.82) is 0 Å². The predicted molar refractivity (Wildman–Crippen MR) is 137 cm³/mol. The van der Waals surface area contributed by atoms with E-state index < -0.39 is 10.0 Å². The molecule has 35 heavy (non-hydrogen) atoms. The topological polar surface area (TPSA) is 70.2 Å². The number of piperazine rings is 1. The molecule has 0 atom stereocenters. The molecule has 0 aromatic heterocycles. The molecule has 1 amide bonds. The fourth-order valence-corrected chi connectivity index (χ4v) is 5.52. The highest BCUT2D eigenvalue weighted by Crippen LogP contribution is 2.22. The molecule has 0 saturated carbocycles. The van der Waals surface area contributed by atoms with Gasteiger partial charge in [-0.2, -0.15) is 4.31 Å². The Bertz CT molecular complexity index is 1220. The second-order valence-electron chi connectivity index (χ2n) is 8.64. The van der Waals surface area contributed by atoms with Crippen molar-refractivity contribution in [3.05, 3.63) is 90.0 Å². The van der Waals surface area contributed by atoms with Gasteiger partial charge in [0.15, 0.2) is 0 Å². The quantitative estimate of drug-likeness (QED) is 0.480. The number of ether oxygens (including phenoxy) is 1. The van der Waals surface area contributed by atoms with Crippen LogP contribution in [-0.2, 0) is 21.4 Å². The number of aryl methyl sites for hydroxylation is 1. The predicted octanol–water partition coefficient (Wildman–Crippen LogP) is 3.54. The van der Waals surface area contributed by atoms with Crippen molar-refractivity contribution in [1.82, 2.24) is 9.21 Å². The third-order valence-electron chi connectivity index (χ3n) is 6.24. The summed E-state index contributed by atoms with van der Waals surface area (Å²) < 4.78 is 33.4. The van der Waals surface area contributed by atoms with E-state index in [4.69, 9.17) is 4.74 Å². The molecule has 184 valence electrons. The van der Waals surface area contributed by atoms with Gasteiger partial charge in [-0.1, -0.05) is 48.0 Å². The molecule has 7 nitrogen and oxygen atoms in total. The molecule has 3 aromatic carbocycles. The molecule has 0 radical (unpaired) electrons. The summed E-state index contributed by atoms with van der Waals surface area (Å²) in [5.41, 5.74) is 3.01. The van der Waals surface area contributed by atoms with Crippen molar-refractivity contribution in [3.8, 4) is 5.75 Å². The van der Waals surface area contributed by atoms with Gasteiger partial charge in [0.2, 0.25) is 15.9 Å². The Morgan fingerprint density at radius 1 is 0.886 bits per heavy atom. The van der Waals surface area contributed by atoms with Crippen molar-refractivity contribution in [2.75, 3.05) is 44.7 Å². The van der Waals surface area contributed by atoms with E-state index in [1.165, 1.54) is 4.31 Å². The molecule has 3 aromatic rings. The third kappa shape index (κ3) is 6.01. The summed E-state index contributed by atoms with van der Waals surface area (Å²) in [6.45, 7) is 4.35. The highest BCUT2D eigenvalue weighted by molar-refractivity contribution is 7.89. The van der Waals surface area contributed by atoms with E-state index in [1.807, 2.05) is 55.5 Å². The van der Waals surface area contributed by atoms with E-state index in [9.17, 15) is 13.2 Å². The molecule has 8 heteroatoms. The van der Waals surface area contributed by atoms with E-state index in [2.05, 4.69) is 4.90 Å². The van der Waals surface area contributed by atoms with Crippen molar-refractivity contribution in [3.63, 3.8) is 0 Å². The summed E-state index contributed by atoms with van der Waals surface area (Å²) in [7, 11) is -2.20. The minimum Gasteiger partial charge on any atom is -0.497 e. The number of carbonyl (C=O) groups excluding carboxylic acids is 1. The van der Waals surface area contributed by atoms with Gasteiger partial charge in [0.1, 0.15) is 5.75 Å². The van der Waals surface area contributed by atoms with Crippen LogP contribution in [0.25, 0.3) is 0 Å². The van der Waals surface area contributed by atoms with Crippen LogP contribution in [0.5, 0.6) is 5.75 Å². The Morgan fingerprint density at radius 2 is 1.51 bits per heavy atom. The van der Waals surface area contributed by atoms with Crippen LogP contribution in [0.1, 0.15) is 11.1 Å². The third-order valence-corrected chi connectivity index (χ3v) is 8.05. The van der Waals surface area contributed by atoms with E-state index in [1.54, 1.807) is 42.3 Å². The molecule has 0 N–H and O–H groups in total. The van der Waals surface area contributed by atoms with Crippen molar-refractivity contribution in [2.45, 2.75) is 18.4 Å². The first-order valence-electron chi connectivity index (χ1n) is 11.6. The van der Waals surface area contributed by atoms with Gasteiger partial charge in [-0.15, -0.1) is 0 Å². The summed E-state index contributed by atoms with van der Waals surface area (Å²) in [6.07, 6.45) is 0. The van der Waals surface area contributed by atoms with Gasteiger partial charge >= 0.3 is 0 Å². The number of amides is 1. The molecule has 0 unspecified atom stereocenters. The lowest BCUT2D eigenvalue weighted by molar-refractivity contribution is -0.131. The number of methoxy groups -OCH3 is 1. The molecule has 1 aliphatic rings. The number of carbonyl (C=O) groups is 1. The van der Waals surface area contributed by atoms with Gasteiger partial charge in [0.25, 0.3) is 0 Å². The smallest absolute Gasteiger partial charge is 0.243 e. The maximum Gasteiger partial charge on any atom is 0.243 e. The molecule has 0 spiro atoms. The minimum absolute atomic E-state index is 0.134. The van der Waals surface area contributed by atoms with Crippen LogP contribution in [0.15, 0.2) is 83.8 Å². The van der Waals surface area contributed by atoms with Gasteiger partial charge in [0.05, 0.1) is 18.6 Å². The summed E-state index contributed by atoms with van der Waals surface area (Å²) in [6, 6.07) is 23.8. The molecule has 1 saturated heterocycles. The Labute approximate surface area is 207 Å². The van der Waals surface area contributed by atoms with Crippen LogP contribution in [0.3, 0.4) is 0 Å². The highest BCUT2D eigenvalue weighted by Gasteiger charge is 2.30. The second-order valence-corrected chi connectivity index (χ2v) is 10.6. The normalized spacial score (nSPS) is 14.3. The summed E-state index contributed by atoms with van der Waals surface area (Å²) in [5, 5.41) is 0. The van der Waals surface area contributed by atoms with Crippen molar-refractivity contribution >= 4 is 21.6 Å². The minimum atomic E-state index is -3.84. The van der Waals surface area contributed by atoms with Gasteiger partial charge in [-0.25, -0.2) is 8.42 Å². The SMILES string of the molecule is COc1ccc(N2CCN(C(=O)CN(Cc3ccc(C)cc3)S(=O)(=O)c3ccccc3)CC2)cc1. The first-order chi connectivity index (χ1) is 16.9. The Hall–Kier alpha value is -3.36. The monoisotopic (exact) mass is 493 g/mol. The van der Waals surface area contributed by atoms with Gasteiger partial charge in [0, 0.05) is 38.4 Å². The van der Waals surface area contributed by atoms with Crippen molar-refractivity contribution in [2.24, 2.45) is 0 Å². The Kier molecular flexibility index (Phi) is 7.73. The standard InChI is InChI=1S/C27H31N3O4S/c1-22-8-10-23(11-9-22)20-30(35(32,33)26-6-4-3-5-7-26)21-27(31)29-18-16-28(17-19-29)24-12-14-25(34-2)15-13-24/h3-15H,16-21H2,1-2H3. The van der Waals surface area contributed by atoms with Crippen LogP contribution in [0.2, 0.25) is 0 Å². The number of anilines is 1. The van der Waals surface area contributed by atoms with Gasteiger partial charge < -0.3 is 14.5 Å². The van der Waals surface area contributed by atoms with Crippen LogP contribution >= 0.6 is 0 Å². The Morgan fingerprint density at radius 3 is 2.11 bits per heavy atom. The largest absolute Gasteiger partial charge is 0.497 e. The first kappa shape index (κ1) is 24.8. The van der Waals surface area contributed by atoms with E-state index in [0.29, 0.717) is 26.2 Å². The lowest BCUT2D eigenvalue weighted by Gasteiger charge is -2.37. The maximum atomic E-state index is 13.4. The lowest BCUT2D eigenvalue weighted by Crippen LogP contribution is -2.51. The highest BCUT2D eigenvalue weighted by atomic mass is 32.2. The number of sulfonamides is 1. The average molecular weight is 494 g/mol. The zero-order valence-electron chi connectivity index (χ0n) is 20.1. The molecule has 0 bridgehead atoms. The molecule has 1 fully saturated rings. The average Bonchev–Trinajstić information content (AvgIpc) is 2.90. The van der Waals surface area contributed by atoms with Crippen LogP contribution in [0.4, 0.5) is 5.69 Å². The zero-order valence-corrected chi connectivity index (χ0v) is 20.9. The number of hydrogen-bond donors (Lipinski definition) is 0. The molecular formula is C27H31N3O4S. The van der Waals surface area contributed by atoms with Gasteiger partial charge in [-0.3, -0.25) is 4.79 Å². The number of nitrogens with zero attached hydrogens (tertiary/aromatic N) is 3.